The van der Waals surface area contributed by atoms with Crippen LogP contribution in [0.3, 0.4) is 0 Å². The summed E-state index contributed by atoms with van der Waals surface area (Å²) in [4.78, 5) is 0. The summed E-state index contributed by atoms with van der Waals surface area (Å²) >= 11 is 0. The Labute approximate surface area is 70.7 Å². The topological polar surface area (TPSA) is 52.5 Å². The van der Waals surface area contributed by atoms with Crippen LogP contribution in [0.25, 0.3) is 0 Å². The molecule has 3 atom stereocenters. The van der Waals surface area contributed by atoms with Crippen LogP contribution in [0, 0.1) is 0 Å². The molecule has 1 aromatic carbocycles. The first-order valence-corrected chi connectivity index (χ1v) is 3.96. The molecule has 3 nitrogen and oxygen atoms in total. The van der Waals surface area contributed by atoms with Gasteiger partial charge in [0.1, 0.15) is 12.3 Å². The molecule has 1 aliphatic heterocycles. The smallest absolute Gasteiger partial charge is 0.133 e. The van der Waals surface area contributed by atoms with Crippen LogP contribution < -0.4 is 5.32 Å². The molecule has 0 amide bonds. The lowest BCUT2D eigenvalue weighted by atomic mass is 9.93. The number of rotatable bonds is 1. The van der Waals surface area contributed by atoms with Gasteiger partial charge in [-0.1, -0.05) is 30.3 Å². The van der Waals surface area contributed by atoms with Gasteiger partial charge in [0, 0.05) is 0 Å². The molecule has 0 saturated carbocycles. The summed E-state index contributed by atoms with van der Waals surface area (Å²) in [5.41, 5.74) is 1.01. The maximum Gasteiger partial charge on any atom is 0.133 e. The van der Waals surface area contributed by atoms with Crippen molar-refractivity contribution in [1.82, 2.24) is 5.32 Å². The van der Waals surface area contributed by atoms with E-state index in [0.717, 1.165) is 5.56 Å². The van der Waals surface area contributed by atoms with Crippen LogP contribution in [0.4, 0.5) is 0 Å². The minimum atomic E-state index is -0.768. The van der Waals surface area contributed by atoms with E-state index in [2.05, 4.69) is 5.32 Å². The molecular weight excluding hydrogens is 154 g/mol. The van der Waals surface area contributed by atoms with Crippen molar-refractivity contribution in [3.63, 3.8) is 0 Å². The lowest BCUT2D eigenvalue weighted by molar-refractivity contribution is -0.102. The van der Waals surface area contributed by atoms with E-state index >= 15 is 0 Å². The summed E-state index contributed by atoms with van der Waals surface area (Å²) in [6.45, 7) is 0. The van der Waals surface area contributed by atoms with Gasteiger partial charge in [-0.3, -0.25) is 5.32 Å². The second-order valence-corrected chi connectivity index (χ2v) is 2.99. The number of hydrogen-bond acceptors (Lipinski definition) is 3. The summed E-state index contributed by atoms with van der Waals surface area (Å²) in [7, 11) is 0. The van der Waals surface area contributed by atoms with Gasteiger partial charge >= 0.3 is 0 Å². The first kappa shape index (κ1) is 7.73. The Bertz CT molecular complexity index is 262. The molecule has 3 heteroatoms. The van der Waals surface area contributed by atoms with Gasteiger partial charge in [0.05, 0.1) is 6.04 Å². The van der Waals surface area contributed by atoms with Crippen molar-refractivity contribution in [3.8, 4) is 0 Å². The highest BCUT2D eigenvalue weighted by Gasteiger charge is 2.38. The van der Waals surface area contributed by atoms with Crippen LogP contribution in [0.2, 0.25) is 0 Å². The lowest BCUT2D eigenvalue weighted by Crippen LogP contribution is -2.59. The lowest BCUT2D eigenvalue weighted by Gasteiger charge is -2.39. The molecule has 1 unspecified atom stereocenters. The number of aliphatic hydroxyl groups excluding tert-OH is 2. The Kier molecular flexibility index (Phi) is 1.84. The van der Waals surface area contributed by atoms with E-state index < -0.39 is 12.3 Å². The van der Waals surface area contributed by atoms with Gasteiger partial charge in [0.15, 0.2) is 0 Å². The normalized spacial score (nSPS) is 34.3. The number of benzene rings is 1. The first-order valence-electron chi connectivity index (χ1n) is 3.96. The van der Waals surface area contributed by atoms with E-state index in [9.17, 15) is 5.11 Å². The minimum absolute atomic E-state index is 0.110. The van der Waals surface area contributed by atoms with Crippen LogP contribution in [-0.2, 0) is 0 Å². The van der Waals surface area contributed by atoms with Crippen molar-refractivity contribution in [3.05, 3.63) is 35.9 Å². The summed E-state index contributed by atoms with van der Waals surface area (Å²) in [6.07, 6.45) is -1.44. The third-order valence-corrected chi connectivity index (χ3v) is 2.17. The van der Waals surface area contributed by atoms with Crippen LogP contribution in [0.15, 0.2) is 30.3 Å². The van der Waals surface area contributed by atoms with Gasteiger partial charge < -0.3 is 10.2 Å². The molecule has 1 aromatic rings. The minimum Gasteiger partial charge on any atom is -0.387 e. The molecule has 0 spiro atoms. The fourth-order valence-corrected chi connectivity index (χ4v) is 1.40. The second kappa shape index (κ2) is 2.86. The second-order valence-electron chi connectivity index (χ2n) is 2.99. The van der Waals surface area contributed by atoms with Gasteiger partial charge in [-0.25, -0.2) is 0 Å². The molecule has 12 heavy (non-hydrogen) atoms. The monoisotopic (exact) mass is 165 g/mol. The summed E-state index contributed by atoms with van der Waals surface area (Å²) < 4.78 is 0. The average molecular weight is 165 g/mol. The molecule has 1 heterocycles. The maximum absolute atomic E-state index is 9.32. The molecule has 0 radical (unpaired) electrons. The third kappa shape index (κ3) is 1.12. The number of nitrogens with one attached hydrogen (secondary N) is 1. The van der Waals surface area contributed by atoms with Gasteiger partial charge in [-0.05, 0) is 5.56 Å². The van der Waals surface area contributed by atoms with Crippen LogP contribution in [0.1, 0.15) is 11.6 Å². The number of aliphatic hydroxyl groups is 2. The van der Waals surface area contributed by atoms with Gasteiger partial charge in [-0.15, -0.1) is 0 Å². The Hall–Kier alpha value is -0.900. The zero-order valence-corrected chi connectivity index (χ0v) is 6.51. The van der Waals surface area contributed by atoms with Crippen molar-refractivity contribution < 1.29 is 10.2 Å². The molecule has 3 N–H and O–H groups in total. The largest absolute Gasteiger partial charge is 0.387 e. The molecule has 0 aromatic heterocycles. The van der Waals surface area contributed by atoms with E-state index in [-0.39, 0.29) is 6.04 Å². The van der Waals surface area contributed by atoms with Gasteiger partial charge in [0.25, 0.3) is 0 Å². The molecule has 1 saturated heterocycles. The predicted octanol–water partition coefficient (Wildman–Crippen LogP) is 0.0102. The highest BCUT2D eigenvalue weighted by molar-refractivity contribution is 5.23. The standard InChI is InChI=1S/C9H11NO2/c11-8-7(10-9(8)12)6-4-2-1-3-5-6/h1-5,7-12H/t7-,8+,9?/m0/s1. The van der Waals surface area contributed by atoms with Crippen LogP contribution in [0.5, 0.6) is 0 Å². The van der Waals surface area contributed by atoms with Crippen molar-refractivity contribution in [2.75, 3.05) is 0 Å². The van der Waals surface area contributed by atoms with E-state index in [1.165, 1.54) is 0 Å². The van der Waals surface area contributed by atoms with Crippen molar-refractivity contribution >= 4 is 0 Å². The van der Waals surface area contributed by atoms with E-state index in [1.54, 1.807) is 0 Å². The molecule has 2 rings (SSSR count). The molecule has 0 aliphatic carbocycles. The molecule has 0 bridgehead atoms. The summed E-state index contributed by atoms with van der Waals surface area (Å²) in [5.74, 6) is 0. The summed E-state index contributed by atoms with van der Waals surface area (Å²) in [5, 5.41) is 21.1. The summed E-state index contributed by atoms with van der Waals surface area (Å²) in [6, 6.07) is 9.48. The van der Waals surface area contributed by atoms with Gasteiger partial charge in [-0.2, -0.15) is 0 Å². The van der Waals surface area contributed by atoms with Crippen molar-refractivity contribution in [2.45, 2.75) is 18.4 Å². The fraction of sp³-hybridized carbons (Fsp3) is 0.333. The van der Waals surface area contributed by atoms with E-state index in [1.807, 2.05) is 30.3 Å². The Morgan fingerprint density at radius 2 is 1.75 bits per heavy atom. The zero-order valence-electron chi connectivity index (χ0n) is 6.51. The first-order chi connectivity index (χ1) is 5.79. The van der Waals surface area contributed by atoms with Crippen LogP contribution >= 0.6 is 0 Å². The fourth-order valence-electron chi connectivity index (χ4n) is 1.40. The highest BCUT2D eigenvalue weighted by atomic mass is 16.4. The Morgan fingerprint density at radius 3 is 2.25 bits per heavy atom. The molecule has 64 valence electrons. The average Bonchev–Trinajstić information content (AvgIpc) is 2.15. The predicted molar refractivity (Wildman–Crippen MR) is 44.3 cm³/mol. The number of hydrogen-bond donors (Lipinski definition) is 3. The third-order valence-electron chi connectivity index (χ3n) is 2.17. The zero-order chi connectivity index (χ0) is 8.55. The van der Waals surface area contributed by atoms with Crippen molar-refractivity contribution in [2.24, 2.45) is 0 Å². The van der Waals surface area contributed by atoms with Gasteiger partial charge in [0.2, 0.25) is 0 Å². The Balaban J connectivity index is 2.13. The quantitative estimate of drug-likeness (QED) is 0.549. The van der Waals surface area contributed by atoms with Crippen molar-refractivity contribution in [1.29, 1.82) is 0 Å². The molecule has 1 fully saturated rings. The van der Waals surface area contributed by atoms with Crippen LogP contribution in [-0.4, -0.2) is 22.5 Å². The maximum atomic E-state index is 9.32. The SMILES string of the molecule is OC1N[C@@H](c2ccccc2)[C@H]1O. The highest BCUT2D eigenvalue weighted by Crippen LogP contribution is 2.26. The van der Waals surface area contributed by atoms with E-state index in [0.29, 0.717) is 0 Å². The molecule has 1 aliphatic rings. The van der Waals surface area contributed by atoms with E-state index in [4.69, 9.17) is 5.11 Å². The molecular formula is C9H11NO2. The Morgan fingerprint density at radius 1 is 1.08 bits per heavy atom.